The summed E-state index contributed by atoms with van der Waals surface area (Å²) in [5, 5.41) is 11.0. The Morgan fingerprint density at radius 2 is 2.04 bits per heavy atom. The third-order valence-corrected chi connectivity index (χ3v) is 9.87. The van der Waals surface area contributed by atoms with Gasteiger partial charge in [0.05, 0.1) is 6.61 Å². The summed E-state index contributed by atoms with van der Waals surface area (Å²) in [6, 6.07) is 1.21. The van der Waals surface area contributed by atoms with Crippen LogP contribution in [0, 0.1) is 17.3 Å². The average Bonchev–Trinajstić information content (AvgIpc) is 2.46. The first kappa shape index (κ1) is 22.4. The van der Waals surface area contributed by atoms with Gasteiger partial charge in [0.15, 0.2) is 5.78 Å². The topological polar surface area (TPSA) is 46.5 Å². The first-order chi connectivity index (χ1) is 11.9. The minimum atomic E-state index is -1.24. The Morgan fingerprint density at radius 1 is 1.38 bits per heavy atom. The van der Waals surface area contributed by atoms with E-state index in [0.717, 1.165) is 25.7 Å². The zero-order valence-corrected chi connectivity index (χ0v) is 19.9. The minimum absolute atomic E-state index is 0.0453. The highest BCUT2D eigenvalue weighted by Crippen LogP contribution is 2.55. The summed E-state index contributed by atoms with van der Waals surface area (Å²) in [4.78, 5) is 12.5. The van der Waals surface area contributed by atoms with Crippen molar-refractivity contribution in [3.05, 3.63) is 0 Å². The van der Waals surface area contributed by atoms with Gasteiger partial charge < -0.3 is 9.84 Å². The van der Waals surface area contributed by atoms with Gasteiger partial charge in [0.25, 0.3) is 0 Å². The molecule has 6 heteroatoms. The SMILES string of the molecule is CCOC(=S)SC(CC1(C)CC[C@@H]2C[C@H]1CC(=O)C2(C)O)C[Si](C)(C)C. The molecule has 0 spiro atoms. The highest BCUT2D eigenvalue weighted by molar-refractivity contribution is 8.23. The molecule has 0 aromatic heterocycles. The molecular weight excluding hydrogens is 380 g/mol. The molecule has 2 saturated carbocycles. The van der Waals surface area contributed by atoms with Crippen molar-refractivity contribution in [2.75, 3.05) is 6.61 Å². The lowest BCUT2D eigenvalue weighted by atomic mass is 9.54. The predicted molar refractivity (Wildman–Crippen MR) is 118 cm³/mol. The third kappa shape index (κ3) is 5.33. The fraction of sp³-hybridized carbons (Fsp3) is 0.900. The van der Waals surface area contributed by atoms with Crippen LogP contribution in [0.15, 0.2) is 0 Å². The van der Waals surface area contributed by atoms with E-state index < -0.39 is 13.7 Å². The second-order valence-electron chi connectivity index (χ2n) is 9.99. The number of thiocarbonyl (C=S) groups is 1. The Labute approximate surface area is 170 Å². The lowest BCUT2D eigenvalue weighted by Crippen LogP contribution is -2.54. The Balaban J connectivity index is 2.13. The average molecular weight is 417 g/mol. The van der Waals surface area contributed by atoms with E-state index >= 15 is 0 Å². The van der Waals surface area contributed by atoms with Gasteiger partial charge in [0.2, 0.25) is 4.38 Å². The van der Waals surface area contributed by atoms with Crippen molar-refractivity contribution in [3.8, 4) is 0 Å². The second-order valence-corrected chi connectivity index (χ2v) is 17.4. The van der Waals surface area contributed by atoms with Gasteiger partial charge in [-0.3, -0.25) is 4.79 Å². The van der Waals surface area contributed by atoms with Crippen LogP contribution in [-0.2, 0) is 9.53 Å². The molecule has 0 radical (unpaired) electrons. The lowest BCUT2D eigenvalue weighted by Gasteiger charge is -2.52. The number of carbonyl (C=O) groups is 1. The van der Waals surface area contributed by atoms with Gasteiger partial charge in [-0.05, 0) is 75.0 Å². The zero-order chi connectivity index (χ0) is 19.8. The van der Waals surface area contributed by atoms with Crippen molar-refractivity contribution in [2.45, 2.75) is 89.4 Å². The van der Waals surface area contributed by atoms with Crippen molar-refractivity contribution >= 4 is 42.2 Å². The van der Waals surface area contributed by atoms with Gasteiger partial charge in [0, 0.05) is 19.7 Å². The molecule has 0 heterocycles. The maximum Gasteiger partial charge on any atom is 0.220 e. The molecule has 150 valence electrons. The van der Waals surface area contributed by atoms with E-state index in [1.807, 2.05) is 6.92 Å². The molecule has 0 aromatic carbocycles. The Morgan fingerprint density at radius 3 is 2.62 bits per heavy atom. The number of aliphatic hydroxyl groups is 1. The number of thioether (sulfide) groups is 1. The Bertz CT molecular complexity index is 544. The number of Topliss-reactive ketones (excluding diaryl/α,β-unsaturated/α-hetero) is 1. The molecule has 1 N–H and O–H groups in total. The number of hydrogen-bond donors (Lipinski definition) is 1. The van der Waals surface area contributed by atoms with E-state index in [1.165, 1.54) is 6.04 Å². The Kier molecular flexibility index (Phi) is 7.07. The fourth-order valence-corrected chi connectivity index (χ4v) is 9.66. The molecule has 26 heavy (non-hydrogen) atoms. The van der Waals surface area contributed by atoms with Crippen molar-refractivity contribution in [1.82, 2.24) is 0 Å². The van der Waals surface area contributed by atoms with E-state index in [-0.39, 0.29) is 17.1 Å². The summed E-state index contributed by atoms with van der Waals surface area (Å²) in [7, 11) is -1.24. The van der Waals surface area contributed by atoms with E-state index in [1.54, 1.807) is 18.7 Å². The van der Waals surface area contributed by atoms with Crippen LogP contribution < -0.4 is 0 Å². The molecule has 2 aliphatic rings. The summed E-state index contributed by atoms with van der Waals surface area (Å²) in [6.45, 7) is 13.9. The van der Waals surface area contributed by atoms with Crippen molar-refractivity contribution in [3.63, 3.8) is 0 Å². The third-order valence-electron chi connectivity index (χ3n) is 6.47. The number of ketones is 1. The quantitative estimate of drug-likeness (QED) is 0.471. The largest absolute Gasteiger partial charge is 0.479 e. The maximum absolute atomic E-state index is 12.5. The molecule has 2 rings (SSSR count). The molecule has 5 atom stereocenters. The summed E-state index contributed by atoms with van der Waals surface area (Å²) in [6.07, 6.45) is 4.64. The van der Waals surface area contributed by atoms with Gasteiger partial charge in [0.1, 0.15) is 5.60 Å². The monoisotopic (exact) mass is 416 g/mol. The van der Waals surface area contributed by atoms with Crippen LogP contribution in [0.5, 0.6) is 0 Å². The van der Waals surface area contributed by atoms with Crippen molar-refractivity contribution in [2.24, 2.45) is 17.3 Å². The Hall–Kier alpha value is 0.0869. The molecule has 2 aliphatic carbocycles. The highest BCUT2D eigenvalue weighted by Gasteiger charge is 2.53. The number of ether oxygens (including phenoxy) is 1. The molecular formula is C20H36O3S2Si. The van der Waals surface area contributed by atoms with E-state index in [9.17, 15) is 9.90 Å². The number of carbonyl (C=O) groups excluding carboxylic acids is 1. The van der Waals surface area contributed by atoms with Crippen LogP contribution in [0.3, 0.4) is 0 Å². The number of rotatable bonds is 6. The molecule has 0 amide bonds. The predicted octanol–water partition coefficient (Wildman–Crippen LogP) is 5.28. The van der Waals surface area contributed by atoms with Crippen molar-refractivity contribution in [1.29, 1.82) is 0 Å². The fourth-order valence-electron chi connectivity index (χ4n) is 4.87. The summed E-state index contributed by atoms with van der Waals surface area (Å²) in [5.41, 5.74) is -0.956. The first-order valence-corrected chi connectivity index (χ1v) is 15.0. The van der Waals surface area contributed by atoms with Crippen LogP contribution in [0.1, 0.15) is 52.9 Å². The molecule has 2 fully saturated rings. The summed E-state index contributed by atoms with van der Waals surface area (Å²) in [5.74, 6) is 0.567. The van der Waals surface area contributed by atoms with Crippen LogP contribution in [0.25, 0.3) is 0 Å². The molecule has 3 unspecified atom stereocenters. The van der Waals surface area contributed by atoms with Crippen LogP contribution in [0.2, 0.25) is 25.7 Å². The molecule has 0 saturated heterocycles. The van der Waals surface area contributed by atoms with Gasteiger partial charge in [-0.2, -0.15) is 0 Å². The smallest absolute Gasteiger partial charge is 0.220 e. The maximum atomic E-state index is 12.5. The van der Waals surface area contributed by atoms with Crippen LogP contribution in [-0.4, -0.2) is 40.8 Å². The summed E-state index contributed by atoms with van der Waals surface area (Å²) >= 11 is 7.16. The molecule has 3 nitrogen and oxygen atoms in total. The highest BCUT2D eigenvalue weighted by atomic mass is 32.2. The van der Waals surface area contributed by atoms with Crippen molar-refractivity contribution < 1.29 is 14.6 Å². The van der Waals surface area contributed by atoms with E-state index in [4.69, 9.17) is 17.0 Å². The molecule has 0 aliphatic heterocycles. The minimum Gasteiger partial charge on any atom is -0.479 e. The second kappa shape index (κ2) is 8.22. The normalized spacial score (nSPS) is 35.9. The number of fused-ring (bicyclic) bond motifs is 2. The molecule has 2 bridgehead atoms. The number of hydrogen-bond acceptors (Lipinski definition) is 5. The van der Waals surface area contributed by atoms with E-state index in [2.05, 4.69) is 26.6 Å². The van der Waals surface area contributed by atoms with Crippen LogP contribution in [0.4, 0.5) is 0 Å². The van der Waals surface area contributed by atoms with Gasteiger partial charge in [-0.25, -0.2) is 0 Å². The lowest BCUT2D eigenvalue weighted by molar-refractivity contribution is -0.158. The summed E-state index contributed by atoms with van der Waals surface area (Å²) < 4.78 is 6.22. The van der Waals surface area contributed by atoms with Gasteiger partial charge >= 0.3 is 0 Å². The zero-order valence-electron chi connectivity index (χ0n) is 17.3. The van der Waals surface area contributed by atoms with Crippen LogP contribution >= 0.6 is 24.0 Å². The van der Waals surface area contributed by atoms with Gasteiger partial charge in [-0.1, -0.05) is 38.3 Å². The molecule has 0 aromatic rings. The van der Waals surface area contributed by atoms with E-state index in [0.29, 0.717) is 28.6 Å². The first-order valence-electron chi connectivity index (χ1n) is 9.96. The standard InChI is InChI=1S/C20H36O3S2Si/c1-7-23-18(24)25-16(13-26(4,5)6)12-19(2)9-8-14-10-15(19)11-17(21)20(14,3)22/h14-16,22H,7-13H2,1-6H3/t14-,15+,16?,19?,20?/m1/s1. The van der Waals surface area contributed by atoms with Gasteiger partial charge in [-0.15, -0.1) is 0 Å².